The van der Waals surface area contributed by atoms with E-state index in [4.69, 9.17) is 11.1 Å². The summed E-state index contributed by atoms with van der Waals surface area (Å²) in [5.41, 5.74) is 11.1. The standard InChI is InChI=1S/C21H24N6/c1-27-9-2-3-14(7-10-27)20-12-17-19(6-8-24-21(17)26-20)25-16-4-5-18(23)15(11-16)13-22/h2-6,8,11-14,22H,7,9-10,23H2,1H3,(H2,24,25,26). The zero-order valence-corrected chi connectivity index (χ0v) is 15.4. The summed E-state index contributed by atoms with van der Waals surface area (Å²) in [4.78, 5) is 10.3. The predicted molar refractivity (Wildman–Crippen MR) is 112 cm³/mol. The average molecular weight is 360 g/mol. The maximum atomic E-state index is 7.48. The van der Waals surface area contributed by atoms with Gasteiger partial charge in [0.1, 0.15) is 5.65 Å². The highest BCUT2D eigenvalue weighted by molar-refractivity contribution is 5.93. The van der Waals surface area contributed by atoms with Crippen LogP contribution >= 0.6 is 0 Å². The third kappa shape index (κ3) is 3.57. The Balaban J connectivity index is 1.66. The average Bonchev–Trinajstić information content (AvgIpc) is 2.99. The highest BCUT2D eigenvalue weighted by Gasteiger charge is 2.16. The van der Waals surface area contributed by atoms with Crippen LogP contribution in [0.5, 0.6) is 0 Å². The zero-order chi connectivity index (χ0) is 18.8. The molecule has 1 unspecified atom stereocenters. The lowest BCUT2D eigenvalue weighted by atomic mass is 10.0. The van der Waals surface area contributed by atoms with Crippen molar-refractivity contribution >= 4 is 34.3 Å². The maximum Gasteiger partial charge on any atom is 0.139 e. The Morgan fingerprint density at radius 1 is 1.33 bits per heavy atom. The van der Waals surface area contributed by atoms with Gasteiger partial charge in [-0.05, 0) is 50.3 Å². The van der Waals surface area contributed by atoms with Gasteiger partial charge in [-0.25, -0.2) is 4.98 Å². The summed E-state index contributed by atoms with van der Waals surface area (Å²) in [6.45, 7) is 2.07. The summed E-state index contributed by atoms with van der Waals surface area (Å²) in [7, 11) is 2.15. The minimum Gasteiger partial charge on any atom is -0.398 e. The van der Waals surface area contributed by atoms with Gasteiger partial charge in [0, 0.05) is 52.9 Å². The number of H-pyrrole nitrogens is 1. The quantitative estimate of drug-likeness (QED) is 0.323. The molecule has 0 amide bonds. The van der Waals surface area contributed by atoms with Gasteiger partial charge in [-0.3, -0.25) is 0 Å². The predicted octanol–water partition coefficient (Wildman–Crippen LogP) is 3.86. The van der Waals surface area contributed by atoms with Gasteiger partial charge < -0.3 is 26.3 Å². The van der Waals surface area contributed by atoms with E-state index in [2.05, 4.69) is 45.5 Å². The summed E-state index contributed by atoms with van der Waals surface area (Å²) in [5, 5.41) is 12.0. The zero-order valence-electron chi connectivity index (χ0n) is 15.4. The highest BCUT2D eigenvalue weighted by Crippen LogP contribution is 2.31. The lowest BCUT2D eigenvalue weighted by molar-refractivity contribution is 0.366. The number of aromatic amines is 1. The molecule has 0 bridgehead atoms. The Bertz CT molecular complexity index is 1000. The third-order valence-corrected chi connectivity index (χ3v) is 5.08. The molecule has 0 fully saturated rings. The smallest absolute Gasteiger partial charge is 0.139 e. The van der Waals surface area contributed by atoms with E-state index in [1.54, 1.807) is 6.20 Å². The number of hydrogen-bond donors (Lipinski definition) is 4. The number of nitrogen functional groups attached to an aromatic ring is 1. The summed E-state index contributed by atoms with van der Waals surface area (Å²) >= 11 is 0. The Labute approximate surface area is 158 Å². The van der Waals surface area contributed by atoms with Crippen LogP contribution in [0.2, 0.25) is 0 Å². The molecule has 1 aromatic carbocycles. The monoisotopic (exact) mass is 360 g/mol. The van der Waals surface area contributed by atoms with Crippen molar-refractivity contribution in [1.82, 2.24) is 14.9 Å². The van der Waals surface area contributed by atoms with E-state index >= 15 is 0 Å². The molecular formula is C21H24N6. The Kier molecular flexibility index (Phi) is 4.64. The minimum atomic E-state index is 0.373. The van der Waals surface area contributed by atoms with Crippen LogP contribution < -0.4 is 11.1 Å². The molecule has 1 aliphatic rings. The van der Waals surface area contributed by atoms with Gasteiger partial charge in [-0.1, -0.05) is 12.2 Å². The molecule has 5 N–H and O–H groups in total. The molecule has 0 spiro atoms. The summed E-state index contributed by atoms with van der Waals surface area (Å²) in [6, 6.07) is 9.78. The third-order valence-electron chi connectivity index (χ3n) is 5.08. The number of benzene rings is 1. The first-order chi connectivity index (χ1) is 13.1. The number of allylic oxidation sites excluding steroid dienone is 1. The van der Waals surface area contributed by atoms with Crippen molar-refractivity contribution in [3.63, 3.8) is 0 Å². The van der Waals surface area contributed by atoms with Gasteiger partial charge in [-0.2, -0.15) is 0 Å². The number of rotatable bonds is 4. The second-order valence-electron chi connectivity index (χ2n) is 7.04. The van der Waals surface area contributed by atoms with Crippen molar-refractivity contribution in [2.75, 3.05) is 31.2 Å². The van der Waals surface area contributed by atoms with Crippen LogP contribution in [0.15, 0.2) is 48.7 Å². The van der Waals surface area contributed by atoms with Crippen molar-refractivity contribution in [3.05, 3.63) is 59.9 Å². The number of nitrogens with two attached hydrogens (primary N) is 1. The fourth-order valence-corrected chi connectivity index (χ4v) is 3.50. The molecule has 3 aromatic rings. The number of likely N-dealkylation sites (N-methyl/N-ethyl adjacent to an activating group) is 1. The van der Waals surface area contributed by atoms with Crippen LogP contribution in [0.1, 0.15) is 23.6 Å². The van der Waals surface area contributed by atoms with Crippen molar-refractivity contribution in [1.29, 1.82) is 5.41 Å². The van der Waals surface area contributed by atoms with Crippen LogP contribution in [0.4, 0.5) is 17.1 Å². The molecule has 0 radical (unpaired) electrons. The van der Waals surface area contributed by atoms with Gasteiger partial charge in [0.15, 0.2) is 0 Å². The molecule has 1 aliphatic heterocycles. The number of nitrogens with one attached hydrogen (secondary N) is 3. The van der Waals surface area contributed by atoms with Crippen LogP contribution in [0.3, 0.4) is 0 Å². The fourth-order valence-electron chi connectivity index (χ4n) is 3.50. The van der Waals surface area contributed by atoms with Gasteiger partial charge in [0.2, 0.25) is 0 Å². The van der Waals surface area contributed by atoms with Gasteiger partial charge in [0.25, 0.3) is 0 Å². The molecule has 2 aromatic heterocycles. The van der Waals surface area contributed by atoms with Crippen molar-refractivity contribution < 1.29 is 0 Å². The lowest BCUT2D eigenvalue weighted by Crippen LogP contribution is -2.18. The molecule has 138 valence electrons. The van der Waals surface area contributed by atoms with E-state index in [0.717, 1.165) is 41.9 Å². The van der Waals surface area contributed by atoms with E-state index in [1.807, 2.05) is 24.3 Å². The van der Waals surface area contributed by atoms with Crippen LogP contribution in [-0.2, 0) is 0 Å². The normalized spacial score (nSPS) is 17.7. The van der Waals surface area contributed by atoms with Crippen LogP contribution in [0.25, 0.3) is 11.0 Å². The van der Waals surface area contributed by atoms with E-state index < -0.39 is 0 Å². The first kappa shape index (κ1) is 17.3. The van der Waals surface area contributed by atoms with Gasteiger partial charge in [0.05, 0.1) is 5.69 Å². The number of anilines is 3. The Morgan fingerprint density at radius 2 is 2.22 bits per heavy atom. The maximum absolute atomic E-state index is 7.48. The molecule has 0 aliphatic carbocycles. The minimum absolute atomic E-state index is 0.373. The lowest BCUT2D eigenvalue weighted by Gasteiger charge is -2.13. The number of pyridine rings is 1. The first-order valence-electron chi connectivity index (χ1n) is 9.14. The van der Waals surface area contributed by atoms with E-state index in [-0.39, 0.29) is 0 Å². The van der Waals surface area contributed by atoms with Crippen LogP contribution in [-0.4, -0.2) is 41.2 Å². The fraction of sp³-hybridized carbons (Fsp3) is 0.238. The number of aromatic nitrogens is 2. The Hall–Kier alpha value is -3.12. The van der Waals surface area contributed by atoms with Crippen molar-refractivity contribution in [3.8, 4) is 0 Å². The molecule has 6 heteroatoms. The topological polar surface area (TPSA) is 93.8 Å². The number of nitrogens with zero attached hydrogens (tertiary/aromatic N) is 2. The van der Waals surface area contributed by atoms with Gasteiger partial charge >= 0.3 is 0 Å². The molecule has 0 saturated heterocycles. The van der Waals surface area contributed by atoms with Crippen LogP contribution in [0, 0.1) is 5.41 Å². The molecule has 27 heavy (non-hydrogen) atoms. The molecule has 6 nitrogen and oxygen atoms in total. The molecular weight excluding hydrogens is 336 g/mol. The van der Waals surface area contributed by atoms with E-state index in [0.29, 0.717) is 17.2 Å². The summed E-state index contributed by atoms with van der Waals surface area (Å²) in [5.74, 6) is 0.373. The molecule has 0 saturated carbocycles. The Morgan fingerprint density at radius 3 is 3.07 bits per heavy atom. The second kappa shape index (κ2) is 7.25. The van der Waals surface area contributed by atoms with E-state index in [9.17, 15) is 0 Å². The van der Waals surface area contributed by atoms with E-state index in [1.165, 1.54) is 11.9 Å². The van der Waals surface area contributed by atoms with Crippen molar-refractivity contribution in [2.45, 2.75) is 12.3 Å². The second-order valence-corrected chi connectivity index (χ2v) is 7.04. The number of fused-ring (bicyclic) bond motifs is 1. The molecule has 1 atom stereocenters. The van der Waals surface area contributed by atoms with Crippen molar-refractivity contribution in [2.24, 2.45) is 0 Å². The number of hydrogen-bond acceptors (Lipinski definition) is 5. The largest absolute Gasteiger partial charge is 0.398 e. The first-order valence-corrected chi connectivity index (χ1v) is 9.14. The summed E-state index contributed by atoms with van der Waals surface area (Å²) in [6.07, 6.45) is 8.69. The summed E-state index contributed by atoms with van der Waals surface area (Å²) < 4.78 is 0. The molecule has 3 heterocycles. The van der Waals surface area contributed by atoms with Gasteiger partial charge in [-0.15, -0.1) is 0 Å². The SMILES string of the molecule is CN1CC=CC(c2cc3c(Nc4ccc(N)c(C=N)c4)ccnc3[nH]2)CC1. The highest BCUT2D eigenvalue weighted by atomic mass is 15.1. The molecule has 4 rings (SSSR count).